The van der Waals surface area contributed by atoms with E-state index in [0.717, 1.165) is 6.07 Å². The molecule has 0 aliphatic rings. The normalized spacial score (nSPS) is 9.92. The molecule has 0 radical (unpaired) electrons. The molecule has 0 saturated heterocycles. The molecule has 5 heteroatoms. The van der Waals surface area contributed by atoms with Crippen LogP contribution in [0.25, 0.3) is 0 Å². The van der Waals surface area contributed by atoms with Gasteiger partial charge in [0.05, 0.1) is 5.02 Å². The Bertz CT molecular complexity index is 317. The number of halogens is 3. The van der Waals surface area contributed by atoms with Crippen LogP contribution >= 0.6 is 27.5 Å². The first-order chi connectivity index (χ1) is 5.52. The first-order valence-corrected chi connectivity index (χ1v) is 4.07. The van der Waals surface area contributed by atoms with E-state index in [1.54, 1.807) is 0 Å². The van der Waals surface area contributed by atoms with Crippen molar-refractivity contribution in [3.05, 3.63) is 33.0 Å². The Kier molecular flexibility index (Phi) is 2.69. The third-order valence-electron chi connectivity index (χ3n) is 1.22. The Morgan fingerprint density at radius 2 is 2.17 bits per heavy atom. The molecule has 0 unspecified atom stereocenters. The highest BCUT2D eigenvalue weighted by atomic mass is 79.9. The Balaban J connectivity index is 3.38. The number of carbonyl (C=O) groups is 1. The maximum atomic E-state index is 12.9. The summed E-state index contributed by atoms with van der Waals surface area (Å²) in [7, 11) is 0. The van der Waals surface area contributed by atoms with Crippen molar-refractivity contribution in [2.24, 2.45) is 0 Å². The van der Waals surface area contributed by atoms with E-state index in [4.69, 9.17) is 16.7 Å². The Hall–Kier alpha value is -0.610. The maximum Gasteiger partial charge on any atom is 0.340 e. The van der Waals surface area contributed by atoms with Crippen molar-refractivity contribution < 1.29 is 14.3 Å². The SMILES string of the molecule is O=C(O)c1c(F)cc(Br)cc1Cl. The maximum absolute atomic E-state index is 12.9. The van der Waals surface area contributed by atoms with Gasteiger partial charge in [-0.2, -0.15) is 0 Å². The number of aromatic carboxylic acids is 1. The minimum absolute atomic E-state index is 0.116. The summed E-state index contributed by atoms with van der Waals surface area (Å²) in [6, 6.07) is 2.38. The summed E-state index contributed by atoms with van der Waals surface area (Å²) in [4.78, 5) is 10.4. The highest BCUT2D eigenvalue weighted by Crippen LogP contribution is 2.24. The van der Waals surface area contributed by atoms with Crippen molar-refractivity contribution in [3.63, 3.8) is 0 Å². The minimum Gasteiger partial charge on any atom is -0.478 e. The van der Waals surface area contributed by atoms with Gasteiger partial charge in [0.2, 0.25) is 0 Å². The van der Waals surface area contributed by atoms with Gasteiger partial charge in [0.25, 0.3) is 0 Å². The Labute approximate surface area is 81.1 Å². The summed E-state index contributed by atoms with van der Waals surface area (Å²) in [5, 5.41) is 8.38. The van der Waals surface area contributed by atoms with Crippen LogP contribution in [0.1, 0.15) is 10.4 Å². The summed E-state index contributed by atoms with van der Waals surface area (Å²) >= 11 is 8.46. The third-order valence-corrected chi connectivity index (χ3v) is 1.98. The molecule has 0 aliphatic heterocycles. The zero-order chi connectivity index (χ0) is 9.30. The molecule has 12 heavy (non-hydrogen) atoms. The van der Waals surface area contributed by atoms with Gasteiger partial charge >= 0.3 is 5.97 Å². The number of benzene rings is 1. The fraction of sp³-hybridized carbons (Fsp3) is 0. The van der Waals surface area contributed by atoms with Crippen LogP contribution in [0.15, 0.2) is 16.6 Å². The zero-order valence-electron chi connectivity index (χ0n) is 5.64. The first-order valence-electron chi connectivity index (χ1n) is 2.90. The van der Waals surface area contributed by atoms with Gasteiger partial charge in [-0.1, -0.05) is 27.5 Å². The van der Waals surface area contributed by atoms with Crippen LogP contribution in [0.4, 0.5) is 4.39 Å². The molecule has 1 aromatic carbocycles. The van der Waals surface area contributed by atoms with Gasteiger partial charge in [-0.05, 0) is 12.1 Å². The summed E-state index contributed by atoms with van der Waals surface area (Å²) in [6.45, 7) is 0. The van der Waals surface area contributed by atoms with Crippen molar-refractivity contribution in [2.45, 2.75) is 0 Å². The van der Waals surface area contributed by atoms with E-state index in [9.17, 15) is 9.18 Å². The molecule has 1 N–H and O–H groups in total. The van der Waals surface area contributed by atoms with E-state index in [1.165, 1.54) is 6.07 Å². The fourth-order valence-electron chi connectivity index (χ4n) is 0.747. The third kappa shape index (κ3) is 1.76. The van der Waals surface area contributed by atoms with Crippen LogP contribution in [-0.4, -0.2) is 11.1 Å². The van der Waals surface area contributed by atoms with Crippen molar-refractivity contribution in [3.8, 4) is 0 Å². The van der Waals surface area contributed by atoms with Crippen LogP contribution in [0.2, 0.25) is 5.02 Å². The number of hydrogen-bond acceptors (Lipinski definition) is 1. The second-order valence-corrected chi connectivity index (χ2v) is 3.37. The minimum atomic E-state index is -1.37. The molecule has 0 bridgehead atoms. The fourth-order valence-corrected chi connectivity index (χ4v) is 1.60. The molecule has 0 heterocycles. The predicted molar refractivity (Wildman–Crippen MR) is 46.1 cm³/mol. The topological polar surface area (TPSA) is 37.3 Å². The van der Waals surface area contributed by atoms with Crippen molar-refractivity contribution in [2.75, 3.05) is 0 Å². The van der Waals surface area contributed by atoms with E-state index in [1.807, 2.05) is 0 Å². The van der Waals surface area contributed by atoms with E-state index in [0.29, 0.717) is 4.47 Å². The van der Waals surface area contributed by atoms with Gasteiger partial charge in [-0.15, -0.1) is 0 Å². The number of rotatable bonds is 1. The number of carboxylic acid groups (broad SMARTS) is 1. The van der Waals surface area contributed by atoms with Gasteiger partial charge in [0.1, 0.15) is 11.4 Å². The highest BCUT2D eigenvalue weighted by molar-refractivity contribution is 9.10. The van der Waals surface area contributed by atoms with Crippen LogP contribution < -0.4 is 0 Å². The van der Waals surface area contributed by atoms with Gasteiger partial charge in [0, 0.05) is 4.47 Å². The van der Waals surface area contributed by atoms with Crippen LogP contribution in [0.5, 0.6) is 0 Å². The van der Waals surface area contributed by atoms with Gasteiger partial charge in [0.15, 0.2) is 0 Å². The van der Waals surface area contributed by atoms with E-state index in [-0.39, 0.29) is 5.02 Å². The smallest absolute Gasteiger partial charge is 0.340 e. The van der Waals surface area contributed by atoms with Crippen LogP contribution in [-0.2, 0) is 0 Å². The number of carboxylic acids is 1. The molecule has 0 fully saturated rings. The predicted octanol–water partition coefficient (Wildman–Crippen LogP) is 2.94. The lowest BCUT2D eigenvalue weighted by molar-refractivity contribution is 0.0692. The summed E-state index contributed by atoms with van der Waals surface area (Å²) < 4.78 is 13.3. The van der Waals surface area contributed by atoms with E-state index < -0.39 is 17.3 Å². The molecule has 0 amide bonds. The first kappa shape index (κ1) is 9.48. The standard InChI is InChI=1S/C7H3BrClFO2/c8-3-1-4(9)6(7(11)12)5(10)2-3/h1-2H,(H,11,12). The van der Waals surface area contributed by atoms with E-state index in [2.05, 4.69) is 15.9 Å². The summed E-state index contributed by atoms with van der Waals surface area (Å²) in [6.07, 6.45) is 0. The second-order valence-electron chi connectivity index (χ2n) is 2.05. The summed E-state index contributed by atoms with van der Waals surface area (Å²) in [5.74, 6) is -2.22. The quantitative estimate of drug-likeness (QED) is 0.835. The summed E-state index contributed by atoms with van der Waals surface area (Å²) in [5.41, 5.74) is -0.500. The van der Waals surface area contributed by atoms with Crippen molar-refractivity contribution in [1.29, 1.82) is 0 Å². The molecule has 0 aromatic heterocycles. The molecular weight excluding hydrogens is 250 g/mol. The number of hydrogen-bond donors (Lipinski definition) is 1. The van der Waals surface area contributed by atoms with E-state index >= 15 is 0 Å². The molecule has 0 saturated carbocycles. The Morgan fingerprint density at radius 1 is 1.58 bits per heavy atom. The molecule has 2 nitrogen and oxygen atoms in total. The second kappa shape index (κ2) is 3.41. The lowest BCUT2D eigenvalue weighted by atomic mass is 10.2. The monoisotopic (exact) mass is 252 g/mol. The van der Waals surface area contributed by atoms with Crippen LogP contribution in [0.3, 0.4) is 0 Å². The molecule has 0 atom stereocenters. The molecule has 64 valence electrons. The lowest BCUT2D eigenvalue weighted by Gasteiger charge is -2.00. The average molecular weight is 253 g/mol. The largest absolute Gasteiger partial charge is 0.478 e. The van der Waals surface area contributed by atoms with Crippen molar-refractivity contribution >= 4 is 33.5 Å². The molecule has 1 rings (SSSR count). The molecule has 1 aromatic rings. The Morgan fingerprint density at radius 3 is 2.58 bits per heavy atom. The van der Waals surface area contributed by atoms with Gasteiger partial charge in [-0.25, -0.2) is 9.18 Å². The zero-order valence-corrected chi connectivity index (χ0v) is 7.99. The van der Waals surface area contributed by atoms with Crippen LogP contribution in [0, 0.1) is 5.82 Å². The molecule has 0 aliphatic carbocycles. The molecule has 0 spiro atoms. The van der Waals surface area contributed by atoms with Gasteiger partial charge in [-0.3, -0.25) is 0 Å². The highest BCUT2D eigenvalue weighted by Gasteiger charge is 2.15. The lowest BCUT2D eigenvalue weighted by Crippen LogP contribution is -2.01. The average Bonchev–Trinajstić information content (AvgIpc) is 1.82. The molecular formula is C7H3BrClFO2. The van der Waals surface area contributed by atoms with Gasteiger partial charge < -0.3 is 5.11 Å². The van der Waals surface area contributed by atoms with Crippen molar-refractivity contribution in [1.82, 2.24) is 0 Å².